The number of carbonyl (C=O) groups excluding carboxylic acids is 2. The molecule has 0 spiro atoms. The first kappa shape index (κ1) is 18.0. The number of urea groups is 1. The second kappa shape index (κ2) is 7.26. The molecule has 3 N–H and O–H groups in total. The molecule has 0 bridgehead atoms. The smallest absolute Gasteiger partial charge is 0.341 e. The van der Waals surface area contributed by atoms with Gasteiger partial charge in [-0.05, 0) is 38.1 Å². The number of ether oxygens (including phenoxy) is 1. The standard InChI is InChI=1S/C14H20N2O5S/c1-8-7-22-11(10(8)12(19)21-4)15-13(20)16-14(2,3)6-5-9(17)18/h7H,5-6H2,1-4H3,(H,17,18)(H2,15,16,20). The molecule has 22 heavy (non-hydrogen) atoms. The number of aryl methyl sites for hydroxylation is 1. The quantitative estimate of drug-likeness (QED) is 0.696. The summed E-state index contributed by atoms with van der Waals surface area (Å²) in [5.41, 5.74) is 0.364. The zero-order valence-electron chi connectivity index (χ0n) is 13.0. The van der Waals surface area contributed by atoms with E-state index in [0.29, 0.717) is 17.0 Å². The predicted molar refractivity (Wildman–Crippen MR) is 83.5 cm³/mol. The van der Waals surface area contributed by atoms with Gasteiger partial charge in [-0.3, -0.25) is 10.1 Å². The van der Waals surface area contributed by atoms with Crippen molar-refractivity contribution in [2.45, 2.75) is 39.2 Å². The predicted octanol–water partition coefficient (Wildman–Crippen LogP) is 2.61. The first-order chi connectivity index (χ1) is 10.2. The van der Waals surface area contributed by atoms with Gasteiger partial charge in [-0.25, -0.2) is 9.59 Å². The van der Waals surface area contributed by atoms with Crippen LogP contribution in [0, 0.1) is 6.92 Å². The Labute approximate surface area is 132 Å². The minimum Gasteiger partial charge on any atom is -0.481 e. The molecule has 7 nitrogen and oxygen atoms in total. The Kier molecular flexibility index (Phi) is 5.92. The molecular formula is C14H20N2O5S. The highest BCUT2D eigenvalue weighted by atomic mass is 32.1. The van der Waals surface area contributed by atoms with Gasteiger partial charge < -0.3 is 15.2 Å². The van der Waals surface area contributed by atoms with Crippen LogP contribution in [0.4, 0.5) is 9.80 Å². The Morgan fingerprint density at radius 3 is 2.55 bits per heavy atom. The van der Waals surface area contributed by atoms with Gasteiger partial charge in [0.15, 0.2) is 0 Å². The van der Waals surface area contributed by atoms with Gasteiger partial charge in [-0.15, -0.1) is 11.3 Å². The van der Waals surface area contributed by atoms with Crippen LogP contribution < -0.4 is 10.6 Å². The van der Waals surface area contributed by atoms with Gasteiger partial charge in [0.05, 0.1) is 12.7 Å². The fraction of sp³-hybridized carbons (Fsp3) is 0.500. The lowest BCUT2D eigenvalue weighted by molar-refractivity contribution is -0.137. The van der Waals surface area contributed by atoms with E-state index in [9.17, 15) is 14.4 Å². The maximum atomic E-state index is 12.0. The molecule has 0 saturated carbocycles. The molecule has 2 amide bonds. The monoisotopic (exact) mass is 328 g/mol. The molecule has 1 rings (SSSR count). The van der Waals surface area contributed by atoms with E-state index in [0.717, 1.165) is 5.56 Å². The maximum absolute atomic E-state index is 12.0. The van der Waals surface area contributed by atoms with Crippen LogP contribution in [-0.2, 0) is 9.53 Å². The van der Waals surface area contributed by atoms with Crippen molar-refractivity contribution in [2.24, 2.45) is 0 Å². The van der Waals surface area contributed by atoms with Gasteiger partial charge in [0.1, 0.15) is 5.00 Å². The third kappa shape index (κ3) is 5.03. The molecule has 0 aliphatic rings. The average molecular weight is 328 g/mol. The number of hydrogen-bond acceptors (Lipinski definition) is 5. The van der Waals surface area contributed by atoms with Crippen LogP contribution in [0.2, 0.25) is 0 Å². The van der Waals surface area contributed by atoms with Crippen molar-refractivity contribution in [3.63, 3.8) is 0 Å². The highest BCUT2D eigenvalue weighted by Crippen LogP contribution is 2.28. The van der Waals surface area contributed by atoms with Crippen LogP contribution >= 0.6 is 11.3 Å². The molecule has 0 fully saturated rings. The third-order valence-corrected chi connectivity index (χ3v) is 4.02. The van der Waals surface area contributed by atoms with Crippen molar-refractivity contribution >= 4 is 34.3 Å². The number of anilines is 1. The fourth-order valence-electron chi connectivity index (χ4n) is 1.82. The maximum Gasteiger partial charge on any atom is 0.341 e. The number of carboxylic acid groups (broad SMARTS) is 1. The summed E-state index contributed by atoms with van der Waals surface area (Å²) in [7, 11) is 1.28. The molecule has 1 aromatic rings. The van der Waals surface area contributed by atoms with Crippen molar-refractivity contribution in [1.82, 2.24) is 5.32 Å². The highest BCUT2D eigenvalue weighted by Gasteiger charge is 2.24. The summed E-state index contributed by atoms with van der Waals surface area (Å²) >= 11 is 1.23. The topological polar surface area (TPSA) is 105 Å². The van der Waals surface area contributed by atoms with Crippen LogP contribution in [0.5, 0.6) is 0 Å². The van der Waals surface area contributed by atoms with Gasteiger partial charge in [0.25, 0.3) is 0 Å². The summed E-state index contributed by atoms with van der Waals surface area (Å²) in [6.07, 6.45) is 0.252. The lowest BCUT2D eigenvalue weighted by Crippen LogP contribution is -2.45. The largest absolute Gasteiger partial charge is 0.481 e. The highest BCUT2D eigenvalue weighted by molar-refractivity contribution is 7.15. The van der Waals surface area contributed by atoms with Gasteiger partial charge in [-0.2, -0.15) is 0 Å². The van der Waals surface area contributed by atoms with Crippen LogP contribution in [-0.4, -0.2) is 35.7 Å². The number of esters is 1. The first-order valence-corrected chi connectivity index (χ1v) is 7.51. The van der Waals surface area contributed by atoms with E-state index >= 15 is 0 Å². The molecule has 0 saturated heterocycles. The lowest BCUT2D eigenvalue weighted by atomic mass is 9.99. The number of carbonyl (C=O) groups is 3. The van der Waals surface area contributed by atoms with Gasteiger partial charge >= 0.3 is 18.0 Å². The Balaban J connectivity index is 2.73. The van der Waals surface area contributed by atoms with Crippen LogP contribution in [0.25, 0.3) is 0 Å². The van der Waals surface area contributed by atoms with E-state index in [-0.39, 0.29) is 6.42 Å². The van der Waals surface area contributed by atoms with Crippen molar-refractivity contribution in [3.8, 4) is 0 Å². The van der Waals surface area contributed by atoms with E-state index < -0.39 is 23.5 Å². The number of carboxylic acids is 1. The normalized spacial score (nSPS) is 10.9. The zero-order valence-corrected chi connectivity index (χ0v) is 13.8. The second-order valence-corrected chi connectivity index (χ2v) is 6.35. The third-order valence-electron chi connectivity index (χ3n) is 3.01. The summed E-state index contributed by atoms with van der Waals surface area (Å²) in [6.45, 7) is 5.22. The minimum atomic E-state index is -0.919. The molecule has 0 unspecified atom stereocenters. The van der Waals surface area contributed by atoms with E-state index in [1.54, 1.807) is 26.2 Å². The van der Waals surface area contributed by atoms with Crippen molar-refractivity contribution in [1.29, 1.82) is 0 Å². The molecule has 0 aliphatic heterocycles. The second-order valence-electron chi connectivity index (χ2n) is 5.47. The first-order valence-electron chi connectivity index (χ1n) is 6.63. The minimum absolute atomic E-state index is 0.0429. The summed E-state index contributed by atoms with van der Waals surface area (Å²) in [4.78, 5) is 34.3. The molecule has 0 aromatic carbocycles. The SMILES string of the molecule is COC(=O)c1c(C)csc1NC(=O)NC(C)(C)CCC(=O)O. The van der Waals surface area contributed by atoms with Gasteiger partial charge in [-0.1, -0.05) is 0 Å². The zero-order chi connectivity index (χ0) is 16.9. The number of thiophene rings is 1. The van der Waals surface area contributed by atoms with Crippen molar-refractivity contribution in [2.75, 3.05) is 12.4 Å². The number of aliphatic carboxylic acids is 1. The van der Waals surface area contributed by atoms with E-state index in [2.05, 4.69) is 10.6 Å². The van der Waals surface area contributed by atoms with Gasteiger partial charge in [0, 0.05) is 12.0 Å². The average Bonchev–Trinajstić information content (AvgIpc) is 2.76. The molecule has 8 heteroatoms. The van der Waals surface area contributed by atoms with Gasteiger partial charge in [0.2, 0.25) is 0 Å². The fourth-order valence-corrected chi connectivity index (χ4v) is 2.74. The van der Waals surface area contributed by atoms with E-state index in [1.807, 2.05) is 0 Å². The van der Waals surface area contributed by atoms with Crippen LogP contribution in [0.15, 0.2) is 5.38 Å². The van der Waals surface area contributed by atoms with Crippen molar-refractivity contribution in [3.05, 3.63) is 16.5 Å². The van der Waals surface area contributed by atoms with E-state index in [4.69, 9.17) is 9.84 Å². The Hall–Kier alpha value is -2.09. The van der Waals surface area contributed by atoms with E-state index in [1.165, 1.54) is 18.4 Å². The molecule has 1 heterocycles. The molecule has 1 aromatic heterocycles. The summed E-state index contributed by atoms with van der Waals surface area (Å²) in [6, 6.07) is -0.498. The Morgan fingerprint density at radius 2 is 2.00 bits per heavy atom. The van der Waals surface area contributed by atoms with Crippen LogP contribution in [0.1, 0.15) is 42.6 Å². The summed E-state index contributed by atoms with van der Waals surface area (Å²) in [5, 5.41) is 16.1. The van der Waals surface area contributed by atoms with Crippen LogP contribution in [0.3, 0.4) is 0 Å². The summed E-state index contributed by atoms with van der Waals surface area (Å²) in [5.74, 6) is -1.43. The Bertz CT molecular complexity index is 580. The number of nitrogens with one attached hydrogen (secondary N) is 2. The Morgan fingerprint density at radius 1 is 1.36 bits per heavy atom. The molecule has 0 radical (unpaired) electrons. The summed E-state index contributed by atoms with van der Waals surface area (Å²) < 4.78 is 4.69. The lowest BCUT2D eigenvalue weighted by Gasteiger charge is -2.25. The molecule has 0 atom stereocenters. The number of amides is 2. The number of hydrogen-bond donors (Lipinski definition) is 3. The number of rotatable bonds is 6. The van der Waals surface area contributed by atoms with Crippen molar-refractivity contribution < 1.29 is 24.2 Å². The molecule has 122 valence electrons. The number of methoxy groups -OCH3 is 1. The molecular weight excluding hydrogens is 308 g/mol. The molecule has 0 aliphatic carbocycles.